The Morgan fingerprint density at radius 3 is 1.12 bits per heavy atom. The number of hydrogen-bond acceptors (Lipinski definition) is 8. The highest BCUT2D eigenvalue weighted by molar-refractivity contribution is 7.47. The van der Waals surface area contributed by atoms with Gasteiger partial charge in [0.25, 0.3) is 0 Å². The SMILES string of the molecule is CC/C=C\C/C=C\C/C=C\C/C=C\C/C=C\C/C=C\CCCCCCCCC(=O)OC(COC(=O)CCCCCCCCCCCCCCCCC/C=C\C/C=C\CCCCCCC)COP(=O)(O)OCCN. The van der Waals surface area contributed by atoms with Crippen molar-refractivity contribution in [3.8, 4) is 0 Å². The zero-order valence-electron chi connectivity index (χ0n) is 46.8. The van der Waals surface area contributed by atoms with Gasteiger partial charge in [0.2, 0.25) is 0 Å². The molecule has 73 heavy (non-hydrogen) atoms. The maximum absolute atomic E-state index is 12.7. The first-order valence-electron chi connectivity index (χ1n) is 29.7. The van der Waals surface area contributed by atoms with Crippen molar-refractivity contribution in [1.82, 2.24) is 0 Å². The Labute approximate surface area is 448 Å². The van der Waals surface area contributed by atoms with Crippen LogP contribution in [0.15, 0.2) is 97.2 Å². The van der Waals surface area contributed by atoms with Crippen LogP contribution in [0.4, 0.5) is 0 Å². The lowest BCUT2D eigenvalue weighted by Crippen LogP contribution is -2.29. The quantitative estimate of drug-likeness (QED) is 0.0264. The van der Waals surface area contributed by atoms with Gasteiger partial charge in [0, 0.05) is 19.4 Å². The van der Waals surface area contributed by atoms with Gasteiger partial charge in [-0.2, -0.15) is 0 Å². The third kappa shape index (κ3) is 58.1. The normalized spacial score (nSPS) is 13.8. The predicted molar refractivity (Wildman–Crippen MR) is 312 cm³/mol. The van der Waals surface area contributed by atoms with Gasteiger partial charge in [-0.05, 0) is 96.3 Å². The number of ether oxygens (including phenoxy) is 2. The molecule has 2 atom stereocenters. The first-order valence-corrected chi connectivity index (χ1v) is 31.2. The number of unbranched alkanes of at least 4 members (excludes halogenated alkanes) is 26. The van der Waals surface area contributed by atoms with Crippen LogP contribution in [0.3, 0.4) is 0 Å². The molecule has 0 saturated heterocycles. The molecule has 10 heteroatoms. The summed E-state index contributed by atoms with van der Waals surface area (Å²) in [5.41, 5.74) is 5.38. The zero-order chi connectivity index (χ0) is 53.1. The first kappa shape index (κ1) is 69.9. The number of carbonyl (C=O) groups is 2. The van der Waals surface area contributed by atoms with Crippen molar-refractivity contribution in [1.29, 1.82) is 0 Å². The summed E-state index contributed by atoms with van der Waals surface area (Å²) in [5.74, 6) is -0.844. The van der Waals surface area contributed by atoms with Crippen molar-refractivity contribution < 1.29 is 37.6 Å². The van der Waals surface area contributed by atoms with E-state index in [1.165, 1.54) is 122 Å². The minimum Gasteiger partial charge on any atom is -0.462 e. The van der Waals surface area contributed by atoms with Crippen LogP contribution in [-0.4, -0.2) is 49.3 Å². The van der Waals surface area contributed by atoms with E-state index in [1.807, 2.05) is 0 Å². The molecule has 0 aliphatic carbocycles. The van der Waals surface area contributed by atoms with Crippen molar-refractivity contribution in [3.05, 3.63) is 97.2 Å². The van der Waals surface area contributed by atoms with Gasteiger partial charge in [0.05, 0.1) is 13.2 Å². The number of phosphoric acid groups is 1. The van der Waals surface area contributed by atoms with E-state index in [9.17, 15) is 19.0 Å². The van der Waals surface area contributed by atoms with E-state index in [4.69, 9.17) is 24.3 Å². The van der Waals surface area contributed by atoms with Crippen molar-refractivity contribution in [2.45, 2.75) is 264 Å². The Bertz CT molecular complexity index is 1510. The highest BCUT2D eigenvalue weighted by atomic mass is 31.2. The summed E-state index contributed by atoms with van der Waals surface area (Å²) in [4.78, 5) is 35.2. The highest BCUT2D eigenvalue weighted by Crippen LogP contribution is 2.43. The van der Waals surface area contributed by atoms with E-state index in [1.54, 1.807) is 0 Å². The van der Waals surface area contributed by atoms with Gasteiger partial charge in [-0.1, -0.05) is 246 Å². The molecule has 0 rings (SSSR count). The molecule has 2 unspecified atom stereocenters. The number of phosphoric ester groups is 1. The topological polar surface area (TPSA) is 134 Å². The molecule has 420 valence electrons. The molecular formula is C63H110NO8P. The van der Waals surface area contributed by atoms with Crippen molar-refractivity contribution in [2.24, 2.45) is 5.73 Å². The monoisotopic (exact) mass is 1040 g/mol. The molecule has 0 aromatic heterocycles. The lowest BCUT2D eigenvalue weighted by molar-refractivity contribution is -0.161. The Morgan fingerprint density at radius 1 is 0.425 bits per heavy atom. The van der Waals surface area contributed by atoms with E-state index in [0.717, 1.165) is 103 Å². The number of rotatable bonds is 55. The number of allylic oxidation sites excluding steroid dienone is 16. The molecule has 0 bridgehead atoms. The molecule has 3 N–H and O–H groups in total. The second kappa shape index (κ2) is 58.2. The summed E-state index contributed by atoms with van der Waals surface area (Å²) < 4.78 is 33.0. The van der Waals surface area contributed by atoms with Crippen LogP contribution in [0.5, 0.6) is 0 Å². The van der Waals surface area contributed by atoms with Crippen molar-refractivity contribution in [3.63, 3.8) is 0 Å². The fourth-order valence-corrected chi connectivity index (χ4v) is 8.85. The molecule has 0 amide bonds. The summed E-state index contributed by atoms with van der Waals surface area (Å²) in [5, 5.41) is 0. The minimum atomic E-state index is -4.40. The smallest absolute Gasteiger partial charge is 0.462 e. The van der Waals surface area contributed by atoms with Crippen molar-refractivity contribution in [2.75, 3.05) is 26.4 Å². The fourth-order valence-electron chi connectivity index (χ4n) is 8.08. The van der Waals surface area contributed by atoms with Crippen LogP contribution in [-0.2, 0) is 32.7 Å². The van der Waals surface area contributed by atoms with E-state index in [-0.39, 0.29) is 38.6 Å². The number of nitrogens with two attached hydrogens (primary N) is 1. The van der Waals surface area contributed by atoms with Crippen molar-refractivity contribution >= 4 is 19.8 Å². The third-order valence-corrected chi connectivity index (χ3v) is 13.4. The Kier molecular flexibility index (Phi) is 55.7. The lowest BCUT2D eigenvalue weighted by atomic mass is 10.0. The largest absolute Gasteiger partial charge is 0.472 e. The summed E-state index contributed by atoms with van der Waals surface area (Å²) in [6.07, 6.45) is 77.5. The molecular weight excluding hydrogens is 930 g/mol. The van der Waals surface area contributed by atoms with E-state index in [0.29, 0.717) is 6.42 Å². The molecule has 0 fully saturated rings. The fraction of sp³-hybridized carbons (Fsp3) is 0.714. The standard InChI is InChI=1S/C63H110NO8P/c1-3-5-7-9-11-13-15-17-19-21-23-25-27-29-30-32-33-35-37-39-41-43-45-47-49-51-53-55-62(65)69-59-61(60-71-73(67,68)70-58-57-64)72-63(66)56-54-52-50-48-46-44-42-40-38-36-34-31-28-26-24-22-20-18-16-14-12-10-8-6-4-2/h6,8,12,14-15,17-18,20-21,23-24,26,31,34,38,40,61H,3-5,7,9-11,13,16,19,22,25,27-30,32-33,35-37,39,41-60,64H2,1-2H3,(H,67,68)/b8-6-,14-12-,17-15-,20-18-,23-21-,26-24-,34-31-,40-38-. The highest BCUT2D eigenvalue weighted by Gasteiger charge is 2.26. The van der Waals surface area contributed by atoms with Crippen LogP contribution >= 0.6 is 7.82 Å². The second-order valence-corrected chi connectivity index (χ2v) is 20.9. The Balaban J connectivity index is 4.01. The van der Waals surface area contributed by atoms with Gasteiger partial charge in [0.15, 0.2) is 6.10 Å². The van der Waals surface area contributed by atoms with Gasteiger partial charge in [0.1, 0.15) is 6.61 Å². The van der Waals surface area contributed by atoms with Gasteiger partial charge >= 0.3 is 19.8 Å². The van der Waals surface area contributed by atoms with Crippen LogP contribution in [0, 0.1) is 0 Å². The Morgan fingerprint density at radius 2 is 0.753 bits per heavy atom. The molecule has 0 aliphatic rings. The zero-order valence-corrected chi connectivity index (χ0v) is 47.7. The first-order chi connectivity index (χ1) is 35.8. The molecule has 0 aromatic carbocycles. The van der Waals surface area contributed by atoms with Crippen LogP contribution in [0.1, 0.15) is 258 Å². The second-order valence-electron chi connectivity index (χ2n) is 19.5. The number of esters is 2. The molecule has 0 aromatic rings. The predicted octanol–water partition coefficient (Wildman–Crippen LogP) is 18.8. The maximum atomic E-state index is 12.7. The van der Waals surface area contributed by atoms with E-state index in [2.05, 4.69) is 111 Å². The summed E-state index contributed by atoms with van der Waals surface area (Å²) in [7, 11) is -4.40. The Hall–Kier alpha value is -3.07. The molecule has 9 nitrogen and oxygen atoms in total. The van der Waals surface area contributed by atoms with Crippen LogP contribution < -0.4 is 5.73 Å². The number of hydrogen-bond donors (Lipinski definition) is 2. The average molecular weight is 1040 g/mol. The third-order valence-electron chi connectivity index (χ3n) is 12.5. The molecule has 0 heterocycles. The van der Waals surface area contributed by atoms with Gasteiger partial charge in [-0.15, -0.1) is 0 Å². The van der Waals surface area contributed by atoms with Gasteiger partial charge < -0.3 is 20.1 Å². The molecule has 0 saturated carbocycles. The molecule has 0 spiro atoms. The van der Waals surface area contributed by atoms with Crippen LogP contribution in [0.2, 0.25) is 0 Å². The molecule has 0 aliphatic heterocycles. The van der Waals surface area contributed by atoms with Crippen LogP contribution in [0.25, 0.3) is 0 Å². The summed E-state index contributed by atoms with van der Waals surface area (Å²) in [6.45, 7) is 3.61. The maximum Gasteiger partial charge on any atom is 0.472 e. The number of carbonyl (C=O) groups excluding carboxylic acids is 2. The molecule has 0 radical (unpaired) electrons. The van der Waals surface area contributed by atoms with Gasteiger partial charge in [-0.3, -0.25) is 18.6 Å². The minimum absolute atomic E-state index is 0.0465. The summed E-state index contributed by atoms with van der Waals surface area (Å²) in [6, 6.07) is 0. The summed E-state index contributed by atoms with van der Waals surface area (Å²) >= 11 is 0. The average Bonchev–Trinajstić information content (AvgIpc) is 3.38. The van der Waals surface area contributed by atoms with Gasteiger partial charge in [-0.25, -0.2) is 4.57 Å². The lowest BCUT2D eigenvalue weighted by Gasteiger charge is -2.19. The van der Waals surface area contributed by atoms with E-state index >= 15 is 0 Å². The van der Waals surface area contributed by atoms with E-state index < -0.39 is 26.5 Å².